The third-order valence-electron chi connectivity index (χ3n) is 2.62. The van der Waals surface area contributed by atoms with Crippen molar-refractivity contribution in [2.75, 3.05) is 21.1 Å². The van der Waals surface area contributed by atoms with E-state index in [0.29, 0.717) is 12.5 Å². The predicted octanol–water partition coefficient (Wildman–Crippen LogP) is 1.13. The number of hydrogen-bond donors (Lipinski definition) is 1. The summed E-state index contributed by atoms with van der Waals surface area (Å²) in [5, 5.41) is 0. The maximum absolute atomic E-state index is 10.5. The number of nitrogens with two attached hydrogens (primary N) is 1. The van der Waals surface area contributed by atoms with Gasteiger partial charge in [0.05, 0.1) is 27.2 Å². The van der Waals surface area contributed by atoms with Gasteiger partial charge in [0.25, 0.3) is 0 Å². The van der Waals surface area contributed by atoms with Crippen LogP contribution in [0.5, 0.6) is 0 Å². The Morgan fingerprint density at radius 1 is 1.31 bits per heavy atom. The molecule has 0 bridgehead atoms. The summed E-state index contributed by atoms with van der Waals surface area (Å²) in [6, 6.07) is 0.646. The Kier molecular flexibility index (Phi) is 4.99. The van der Waals surface area contributed by atoms with Crippen molar-refractivity contribution < 1.29 is 9.28 Å². The zero-order valence-corrected chi connectivity index (χ0v) is 9.34. The molecule has 78 valence electrons. The summed E-state index contributed by atoms with van der Waals surface area (Å²) in [7, 11) is 6.58. The molecule has 2 N–H and O–H groups in total. The van der Waals surface area contributed by atoms with E-state index in [1.54, 1.807) is 0 Å². The zero-order valence-electron chi connectivity index (χ0n) is 9.34. The molecule has 13 heavy (non-hydrogen) atoms. The smallest absolute Gasteiger partial charge is 0.217 e. The van der Waals surface area contributed by atoms with Gasteiger partial charge in [-0.2, -0.15) is 0 Å². The Balaban J connectivity index is 3.49. The summed E-state index contributed by atoms with van der Waals surface area (Å²) >= 11 is 0. The highest BCUT2D eigenvalue weighted by Gasteiger charge is 2.16. The lowest BCUT2D eigenvalue weighted by molar-refractivity contribution is -0.894. The van der Waals surface area contributed by atoms with Crippen molar-refractivity contribution in [1.29, 1.82) is 0 Å². The van der Waals surface area contributed by atoms with Gasteiger partial charge < -0.3 is 10.2 Å². The predicted molar refractivity (Wildman–Crippen MR) is 55.2 cm³/mol. The van der Waals surface area contributed by atoms with E-state index in [-0.39, 0.29) is 5.91 Å². The fourth-order valence-electron chi connectivity index (χ4n) is 1.13. The summed E-state index contributed by atoms with van der Waals surface area (Å²) in [6.45, 7) is 2.24. The largest absolute Gasteiger partial charge is 0.370 e. The Labute approximate surface area is 81.5 Å². The highest BCUT2D eigenvalue weighted by atomic mass is 16.1. The Morgan fingerprint density at radius 3 is 2.23 bits per heavy atom. The lowest BCUT2D eigenvalue weighted by atomic mass is 10.1. The minimum absolute atomic E-state index is 0.182. The van der Waals surface area contributed by atoms with Crippen LogP contribution in [0.1, 0.15) is 32.6 Å². The Bertz CT molecular complexity index is 161. The summed E-state index contributed by atoms with van der Waals surface area (Å²) < 4.78 is 0.983. The second-order valence-electron chi connectivity index (χ2n) is 4.68. The third-order valence-corrected chi connectivity index (χ3v) is 2.62. The summed E-state index contributed by atoms with van der Waals surface area (Å²) in [6.07, 6.45) is 3.72. The van der Waals surface area contributed by atoms with Crippen LogP contribution in [0.4, 0.5) is 0 Å². The Morgan fingerprint density at radius 2 is 1.85 bits per heavy atom. The zero-order chi connectivity index (χ0) is 10.5. The van der Waals surface area contributed by atoms with Gasteiger partial charge in [0, 0.05) is 6.42 Å². The maximum atomic E-state index is 10.5. The summed E-state index contributed by atoms with van der Waals surface area (Å²) in [4.78, 5) is 10.5. The number of unbranched alkanes of at least 4 members (excludes halogenated alkanes) is 1. The van der Waals surface area contributed by atoms with Crippen LogP contribution < -0.4 is 5.73 Å². The highest BCUT2D eigenvalue weighted by Crippen LogP contribution is 2.11. The molecule has 0 fully saturated rings. The van der Waals surface area contributed by atoms with Crippen LogP contribution in [0.25, 0.3) is 0 Å². The fraction of sp³-hybridized carbons (Fsp3) is 0.900. The molecule has 0 aliphatic carbocycles. The van der Waals surface area contributed by atoms with E-state index in [1.165, 1.54) is 0 Å². The number of primary amides is 1. The molecule has 1 unspecified atom stereocenters. The minimum Gasteiger partial charge on any atom is -0.370 e. The van der Waals surface area contributed by atoms with Gasteiger partial charge >= 0.3 is 0 Å². The van der Waals surface area contributed by atoms with Crippen LogP contribution in [0, 0.1) is 0 Å². The molecule has 1 atom stereocenters. The van der Waals surface area contributed by atoms with Crippen molar-refractivity contribution in [3.05, 3.63) is 0 Å². The monoisotopic (exact) mass is 187 g/mol. The van der Waals surface area contributed by atoms with Gasteiger partial charge in [-0.3, -0.25) is 4.79 Å². The first-order valence-corrected chi connectivity index (χ1v) is 4.93. The van der Waals surface area contributed by atoms with Gasteiger partial charge in [-0.25, -0.2) is 0 Å². The number of amides is 1. The molecule has 0 radical (unpaired) electrons. The lowest BCUT2D eigenvalue weighted by Crippen LogP contribution is -2.43. The van der Waals surface area contributed by atoms with Crippen LogP contribution in [0.15, 0.2) is 0 Å². The topological polar surface area (TPSA) is 43.1 Å². The molecule has 3 heteroatoms. The second kappa shape index (κ2) is 5.22. The highest BCUT2D eigenvalue weighted by molar-refractivity contribution is 5.73. The van der Waals surface area contributed by atoms with Gasteiger partial charge in [-0.05, 0) is 26.2 Å². The van der Waals surface area contributed by atoms with E-state index in [2.05, 4.69) is 28.1 Å². The molecule has 0 aromatic carbocycles. The molecule has 0 aromatic rings. The minimum atomic E-state index is -0.182. The first kappa shape index (κ1) is 12.4. The molecule has 0 aromatic heterocycles. The SMILES string of the molecule is CC(CCCCC(N)=O)[N+](C)(C)C. The van der Waals surface area contributed by atoms with Crippen molar-refractivity contribution in [3.8, 4) is 0 Å². The van der Waals surface area contributed by atoms with Crippen molar-refractivity contribution in [2.24, 2.45) is 5.73 Å². The van der Waals surface area contributed by atoms with Crippen molar-refractivity contribution >= 4 is 5.91 Å². The number of carbonyl (C=O) groups is 1. The number of rotatable bonds is 6. The van der Waals surface area contributed by atoms with Crippen molar-refractivity contribution in [3.63, 3.8) is 0 Å². The number of carbonyl (C=O) groups excluding carboxylic acids is 1. The summed E-state index contributed by atoms with van der Waals surface area (Å²) in [5.74, 6) is -0.182. The van der Waals surface area contributed by atoms with E-state index in [0.717, 1.165) is 23.7 Å². The fourth-order valence-corrected chi connectivity index (χ4v) is 1.13. The number of quaternary nitrogens is 1. The first-order chi connectivity index (χ1) is 5.84. The first-order valence-electron chi connectivity index (χ1n) is 4.93. The average Bonchev–Trinajstić information content (AvgIpc) is 1.95. The molecule has 0 saturated carbocycles. The molecule has 0 aliphatic rings. The Hall–Kier alpha value is -0.570. The molecule has 0 aliphatic heterocycles. The molecule has 0 heterocycles. The van der Waals surface area contributed by atoms with Gasteiger partial charge in [-0.1, -0.05) is 0 Å². The molecular weight excluding hydrogens is 164 g/mol. The van der Waals surface area contributed by atoms with E-state index in [1.807, 2.05) is 0 Å². The van der Waals surface area contributed by atoms with Gasteiger partial charge in [0.15, 0.2) is 0 Å². The van der Waals surface area contributed by atoms with Gasteiger partial charge in [0.2, 0.25) is 5.91 Å². The number of nitrogens with zero attached hydrogens (tertiary/aromatic N) is 1. The van der Waals surface area contributed by atoms with Crippen LogP contribution in [-0.2, 0) is 4.79 Å². The van der Waals surface area contributed by atoms with Crippen LogP contribution in [-0.4, -0.2) is 37.6 Å². The normalized spacial score (nSPS) is 14.2. The molecule has 0 rings (SSSR count). The standard InChI is InChI=1S/C10H22N2O/c1-9(12(2,3)4)7-5-6-8-10(11)13/h9H,5-8H2,1-4H3,(H-,11,13)/p+1. The van der Waals surface area contributed by atoms with Crippen LogP contribution in [0.3, 0.4) is 0 Å². The lowest BCUT2D eigenvalue weighted by Gasteiger charge is -2.31. The van der Waals surface area contributed by atoms with Crippen LogP contribution >= 0.6 is 0 Å². The molecule has 0 saturated heterocycles. The van der Waals surface area contributed by atoms with E-state index < -0.39 is 0 Å². The van der Waals surface area contributed by atoms with Gasteiger partial charge in [-0.15, -0.1) is 0 Å². The summed E-state index contributed by atoms with van der Waals surface area (Å²) in [5.41, 5.74) is 5.05. The molecule has 3 nitrogen and oxygen atoms in total. The van der Waals surface area contributed by atoms with Crippen molar-refractivity contribution in [1.82, 2.24) is 0 Å². The van der Waals surface area contributed by atoms with E-state index in [4.69, 9.17) is 5.73 Å². The van der Waals surface area contributed by atoms with E-state index >= 15 is 0 Å². The van der Waals surface area contributed by atoms with Crippen molar-refractivity contribution in [2.45, 2.75) is 38.6 Å². The van der Waals surface area contributed by atoms with E-state index in [9.17, 15) is 4.79 Å². The third kappa shape index (κ3) is 6.58. The van der Waals surface area contributed by atoms with Gasteiger partial charge in [0.1, 0.15) is 0 Å². The molecular formula is C10H23N2O+. The quantitative estimate of drug-likeness (QED) is 0.491. The van der Waals surface area contributed by atoms with Crippen LogP contribution in [0.2, 0.25) is 0 Å². The molecule has 0 spiro atoms. The average molecular weight is 187 g/mol. The number of hydrogen-bond acceptors (Lipinski definition) is 1. The second-order valence-corrected chi connectivity index (χ2v) is 4.68. The maximum Gasteiger partial charge on any atom is 0.217 e. The molecule has 1 amide bonds.